The van der Waals surface area contributed by atoms with E-state index in [0.29, 0.717) is 5.92 Å². The van der Waals surface area contributed by atoms with Crippen molar-refractivity contribution in [1.82, 2.24) is 9.97 Å². The molecule has 2 N–H and O–H groups in total. The summed E-state index contributed by atoms with van der Waals surface area (Å²) in [6.07, 6.45) is 7.22. The number of aryl methyl sites for hydroxylation is 1. The minimum atomic E-state index is -0.0297. The molecule has 3 aromatic heterocycles. The van der Waals surface area contributed by atoms with Gasteiger partial charge in [-0.05, 0) is 54.0 Å². The normalized spacial score (nSPS) is 19.4. The molecule has 0 radical (unpaired) electrons. The Labute approximate surface area is 127 Å². The first-order chi connectivity index (χ1) is 10.3. The molecule has 0 spiro atoms. The Kier molecular flexibility index (Phi) is 3.20. The molecule has 3 nitrogen and oxygen atoms in total. The predicted molar refractivity (Wildman–Crippen MR) is 86.5 cm³/mol. The second-order valence-electron chi connectivity index (χ2n) is 5.64. The van der Waals surface area contributed by atoms with E-state index < -0.39 is 0 Å². The molecule has 1 aliphatic rings. The Hall–Kier alpha value is -1.78. The molecule has 1 aliphatic carbocycles. The van der Waals surface area contributed by atoms with Crippen molar-refractivity contribution in [2.45, 2.75) is 31.2 Å². The minimum absolute atomic E-state index is 0.0297. The number of pyridine rings is 2. The molecule has 3 heterocycles. The maximum absolute atomic E-state index is 6.57. The van der Waals surface area contributed by atoms with Gasteiger partial charge in [-0.25, -0.2) is 0 Å². The molecule has 0 bridgehead atoms. The van der Waals surface area contributed by atoms with Crippen molar-refractivity contribution in [3.05, 3.63) is 58.9 Å². The predicted octanol–water partition coefficient (Wildman–Crippen LogP) is 3.81. The van der Waals surface area contributed by atoms with Crippen molar-refractivity contribution in [3.63, 3.8) is 0 Å². The van der Waals surface area contributed by atoms with E-state index in [1.165, 1.54) is 22.4 Å². The largest absolute Gasteiger partial charge is 0.323 e. The smallest absolute Gasteiger partial charge is 0.0809 e. The lowest BCUT2D eigenvalue weighted by Gasteiger charge is -2.29. The summed E-state index contributed by atoms with van der Waals surface area (Å²) in [5, 5.41) is 2.07. The van der Waals surface area contributed by atoms with Gasteiger partial charge < -0.3 is 5.73 Å². The molecule has 0 saturated carbocycles. The molecule has 0 amide bonds. The van der Waals surface area contributed by atoms with Gasteiger partial charge in [0.1, 0.15) is 0 Å². The van der Waals surface area contributed by atoms with E-state index in [9.17, 15) is 0 Å². The van der Waals surface area contributed by atoms with Crippen LogP contribution < -0.4 is 5.73 Å². The number of thiophene rings is 1. The summed E-state index contributed by atoms with van der Waals surface area (Å²) in [4.78, 5) is 9.12. The Balaban J connectivity index is 1.73. The second kappa shape index (κ2) is 5.20. The molecule has 21 heavy (non-hydrogen) atoms. The van der Waals surface area contributed by atoms with Crippen molar-refractivity contribution >= 4 is 21.6 Å². The van der Waals surface area contributed by atoms with E-state index in [4.69, 9.17) is 5.73 Å². The third-order valence-corrected chi connectivity index (χ3v) is 5.23. The van der Waals surface area contributed by atoms with E-state index in [0.717, 1.165) is 23.9 Å². The summed E-state index contributed by atoms with van der Waals surface area (Å²) in [6, 6.07) is 8.41. The molecule has 0 fully saturated rings. The van der Waals surface area contributed by atoms with Gasteiger partial charge in [0.05, 0.1) is 10.2 Å². The molecule has 0 saturated heterocycles. The average Bonchev–Trinajstić information content (AvgIpc) is 3.01. The van der Waals surface area contributed by atoms with Crippen LogP contribution in [-0.4, -0.2) is 9.97 Å². The number of rotatable bonds is 2. The first kappa shape index (κ1) is 12.9. The van der Waals surface area contributed by atoms with E-state index >= 15 is 0 Å². The molecule has 0 aromatic carbocycles. The van der Waals surface area contributed by atoms with Crippen molar-refractivity contribution in [3.8, 4) is 0 Å². The fourth-order valence-corrected chi connectivity index (χ4v) is 4.06. The summed E-state index contributed by atoms with van der Waals surface area (Å²) >= 11 is 1.72. The Bertz CT molecular complexity index is 780. The van der Waals surface area contributed by atoms with E-state index in [2.05, 4.69) is 27.5 Å². The number of nitrogens with two attached hydrogens (primary N) is 1. The zero-order valence-electron chi connectivity index (χ0n) is 11.7. The molecule has 3 aromatic rings. The molecule has 2 atom stereocenters. The highest BCUT2D eigenvalue weighted by Crippen LogP contribution is 2.38. The lowest BCUT2D eigenvalue weighted by molar-refractivity contribution is 0.462. The molecule has 4 heteroatoms. The van der Waals surface area contributed by atoms with Gasteiger partial charge in [0.2, 0.25) is 0 Å². The highest BCUT2D eigenvalue weighted by molar-refractivity contribution is 7.17. The maximum atomic E-state index is 6.57. The van der Waals surface area contributed by atoms with Gasteiger partial charge >= 0.3 is 0 Å². The van der Waals surface area contributed by atoms with Crippen LogP contribution in [0.2, 0.25) is 0 Å². The first-order valence-corrected chi connectivity index (χ1v) is 8.23. The second-order valence-corrected chi connectivity index (χ2v) is 6.59. The van der Waals surface area contributed by atoms with Crippen LogP contribution in [0.5, 0.6) is 0 Å². The summed E-state index contributed by atoms with van der Waals surface area (Å²) in [5.74, 6) is 0.300. The number of nitrogens with zero attached hydrogens (tertiary/aromatic N) is 2. The summed E-state index contributed by atoms with van der Waals surface area (Å²) in [7, 11) is 0. The molecular formula is C17H17N3S. The zero-order chi connectivity index (χ0) is 14.2. The molecule has 2 unspecified atom stereocenters. The van der Waals surface area contributed by atoms with Crippen molar-refractivity contribution < 1.29 is 0 Å². The van der Waals surface area contributed by atoms with Gasteiger partial charge in [-0.15, -0.1) is 11.3 Å². The Morgan fingerprint density at radius 2 is 2.24 bits per heavy atom. The van der Waals surface area contributed by atoms with Crippen molar-refractivity contribution in [2.75, 3.05) is 0 Å². The van der Waals surface area contributed by atoms with E-state index in [1.807, 2.05) is 24.5 Å². The topological polar surface area (TPSA) is 51.8 Å². The van der Waals surface area contributed by atoms with Gasteiger partial charge in [-0.1, -0.05) is 6.07 Å². The van der Waals surface area contributed by atoms with Gasteiger partial charge in [-0.3, -0.25) is 9.97 Å². The average molecular weight is 295 g/mol. The summed E-state index contributed by atoms with van der Waals surface area (Å²) < 4.78 is 1.21. The third kappa shape index (κ3) is 2.24. The molecule has 106 valence electrons. The standard InChI is InChI=1S/C17H17N3S/c18-16(12-9-15-14(20-10-12)6-8-21-15)13-5-1-3-11-4-2-7-19-17(11)13/h2,4,6-10,13,16H,1,3,5,18H2. The lowest BCUT2D eigenvalue weighted by atomic mass is 9.80. The fraction of sp³-hybridized carbons (Fsp3) is 0.294. The first-order valence-electron chi connectivity index (χ1n) is 7.35. The van der Waals surface area contributed by atoms with Crippen LogP contribution in [0.4, 0.5) is 0 Å². The number of hydrogen-bond acceptors (Lipinski definition) is 4. The molecular weight excluding hydrogens is 278 g/mol. The zero-order valence-corrected chi connectivity index (χ0v) is 12.5. The minimum Gasteiger partial charge on any atom is -0.323 e. The lowest BCUT2D eigenvalue weighted by Crippen LogP contribution is -2.24. The van der Waals surface area contributed by atoms with Gasteiger partial charge in [0, 0.05) is 30.0 Å². The highest BCUT2D eigenvalue weighted by Gasteiger charge is 2.28. The summed E-state index contributed by atoms with van der Waals surface area (Å²) in [6.45, 7) is 0. The monoisotopic (exact) mass is 295 g/mol. The number of hydrogen-bond donors (Lipinski definition) is 1. The Morgan fingerprint density at radius 1 is 1.29 bits per heavy atom. The highest BCUT2D eigenvalue weighted by atomic mass is 32.1. The van der Waals surface area contributed by atoms with Crippen LogP contribution in [-0.2, 0) is 6.42 Å². The van der Waals surface area contributed by atoms with Crippen molar-refractivity contribution in [1.29, 1.82) is 0 Å². The fourth-order valence-electron chi connectivity index (χ4n) is 3.27. The van der Waals surface area contributed by atoms with Crippen LogP contribution in [0.25, 0.3) is 10.2 Å². The van der Waals surface area contributed by atoms with E-state index in [-0.39, 0.29) is 6.04 Å². The SMILES string of the molecule is NC(c1cnc2ccsc2c1)C1CCCc2cccnc21. The molecule has 0 aliphatic heterocycles. The summed E-state index contributed by atoms with van der Waals surface area (Å²) in [5.41, 5.74) is 11.3. The van der Waals surface area contributed by atoms with Crippen LogP contribution in [0, 0.1) is 0 Å². The van der Waals surface area contributed by atoms with Crippen LogP contribution in [0.3, 0.4) is 0 Å². The Morgan fingerprint density at radius 3 is 3.19 bits per heavy atom. The van der Waals surface area contributed by atoms with Crippen molar-refractivity contribution in [2.24, 2.45) is 5.73 Å². The quantitative estimate of drug-likeness (QED) is 0.782. The van der Waals surface area contributed by atoms with Crippen LogP contribution in [0.15, 0.2) is 42.0 Å². The third-order valence-electron chi connectivity index (χ3n) is 4.38. The van der Waals surface area contributed by atoms with Crippen LogP contribution in [0.1, 0.15) is 41.6 Å². The number of fused-ring (bicyclic) bond motifs is 2. The van der Waals surface area contributed by atoms with Gasteiger partial charge in [-0.2, -0.15) is 0 Å². The maximum Gasteiger partial charge on any atom is 0.0809 e. The van der Waals surface area contributed by atoms with Crippen LogP contribution >= 0.6 is 11.3 Å². The van der Waals surface area contributed by atoms with Gasteiger partial charge in [0.15, 0.2) is 0 Å². The molecule has 4 rings (SSSR count). The van der Waals surface area contributed by atoms with E-state index in [1.54, 1.807) is 11.3 Å². The number of aromatic nitrogens is 2. The van der Waals surface area contributed by atoms with Gasteiger partial charge in [0.25, 0.3) is 0 Å².